The molecule has 0 atom stereocenters. The van der Waals surface area contributed by atoms with Gasteiger partial charge < -0.3 is 4.74 Å². The van der Waals surface area contributed by atoms with E-state index in [-0.39, 0.29) is 0 Å². The van der Waals surface area contributed by atoms with E-state index < -0.39 is 0 Å². The zero-order valence-corrected chi connectivity index (χ0v) is 11.5. The molecule has 19 heavy (non-hydrogen) atoms. The van der Waals surface area contributed by atoms with Crippen molar-refractivity contribution < 1.29 is 9.53 Å². The first-order valence-electron chi connectivity index (χ1n) is 7.60. The van der Waals surface area contributed by atoms with Crippen LogP contribution in [0, 0.1) is 5.92 Å². The van der Waals surface area contributed by atoms with E-state index in [2.05, 4.69) is 18.2 Å². The molecule has 0 aromatic heterocycles. The lowest BCUT2D eigenvalue weighted by molar-refractivity contribution is -0.122. The Balaban J connectivity index is 1.48. The highest BCUT2D eigenvalue weighted by Gasteiger charge is 2.21. The summed E-state index contributed by atoms with van der Waals surface area (Å²) < 4.78 is 5.51. The predicted octanol–water partition coefficient (Wildman–Crippen LogP) is 3.70. The van der Waals surface area contributed by atoms with E-state index in [0.717, 1.165) is 50.9 Å². The Morgan fingerprint density at radius 1 is 1.26 bits per heavy atom. The van der Waals surface area contributed by atoms with E-state index >= 15 is 0 Å². The van der Waals surface area contributed by atoms with Crippen LogP contribution >= 0.6 is 0 Å². The Bertz CT molecular complexity index is 458. The molecule has 0 bridgehead atoms. The molecule has 0 amide bonds. The van der Waals surface area contributed by atoms with Gasteiger partial charge >= 0.3 is 0 Å². The van der Waals surface area contributed by atoms with Crippen LogP contribution < -0.4 is 4.74 Å². The molecule has 0 radical (unpaired) electrons. The van der Waals surface area contributed by atoms with Crippen molar-refractivity contribution in [2.75, 3.05) is 6.61 Å². The maximum atomic E-state index is 12.0. The van der Waals surface area contributed by atoms with Gasteiger partial charge in [0.2, 0.25) is 0 Å². The third-order valence-electron chi connectivity index (χ3n) is 4.45. The highest BCUT2D eigenvalue weighted by molar-refractivity contribution is 5.81. The number of carbonyl (C=O) groups is 1. The standard InChI is InChI=1S/C17H22O2/c18-16(14-5-1-2-6-14)7-3-4-13-8-9-17-15(12-13)10-11-19-17/h8-9,12,14H,1-7,10-11H2. The van der Waals surface area contributed by atoms with Crippen LogP contribution in [0.4, 0.5) is 0 Å². The minimum Gasteiger partial charge on any atom is -0.493 e. The van der Waals surface area contributed by atoms with Crippen molar-refractivity contribution >= 4 is 5.78 Å². The van der Waals surface area contributed by atoms with Crippen molar-refractivity contribution in [3.05, 3.63) is 29.3 Å². The molecule has 0 saturated heterocycles. The normalized spacial score (nSPS) is 18.3. The number of rotatable bonds is 5. The van der Waals surface area contributed by atoms with E-state index in [1.165, 1.54) is 24.0 Å². The van der Waals surface area contributed by atoms with Gasteiger partial charge in [0, 0.05) is 18.8 Å². The molecule has 1 aliphatic heterocycles. The van der Waals surface area contributed by atoms with E-state index in [9.17, 15) is 4.79 Å². The first kappa shape index (κ1) is 12.7. The summed E-state index contributed by atoms with van der Waals surface area (Å²) in [6.07, 6.45) is 8.58. The minimum absolute atomic E-state index is 0.383. The molecule has 1 heterocycles. The highest BCUT2D eigenvalue weighted by Crippen LogP contribution is 2.28. The van der Waals surface area contributed by atoms with Gasteiger partial charge in [0.25, 0.3) is 0 Å². The van der Waals surface area contributed by atoms with Crippen LogP contribution in [-0.4, -0.2) is 12.4 Å². The second kappa shape index (κ2) is 5.77. The van der Waals surface area contributed by atoms with Crippen LogP contribution in [0.1, 0.15) is 49.7 Å². The third-order valence-corrected chi connectivity index (χ3v) is 4.45. The fourth-order valence-corrected chi connectivity index (χ4v) is 3.31. The first-order chi connectivity index (χ1) is 9.33. The van der Waals surface area contributed by atoms with Gasteiger partial charge in [-0.05, 0) is 42.9 Å². The highest BCUT2D eigenvalue weighted by atomic mass is 16.5. The maximum Gasteiger partial charge on any atom is 0.135 e. The fourth-order valence-electron chi connectivity index (χ4n) is 3.31. The molecule has 0 unspecified atom stereocenters. The predicted molar refractivity (Wildman–Crippen MR) is 75.5 cm³/mol. The second-order valence-corrected chi connectivity index (χ2v) is 5.84. The summed E-state index contributed by atoms with van der Waals surface area (Å²) in [5, 5.41) is 0. The van der Waals surface area contributed by atoms with Gasteiger partial charge in [-0.25, -0.2) is 0 Å². The molecule has 2 nitrogen and oxygen atoms in total. The molecule has 1 aliphatic carbocycles. The zero-order valence-electron chi connectivity index (χ0n) is 11.5. The van der Waals surface area contributed by atoms with Crippen molar-refractivity contribution in [2.24, 2.45) is 5.92 Å². The summed E-state index contributed by atoms with van der Waals surface area (Å²) in [5.74, 6) is 1.93. The van der Waals surface area contributed by atoms with Gasteiger partial charge in [-0.1, -0.05) is 25.0 Å². The lowest BCUT2D eigenvalue weighted by Gasteiger charge is -2.08. The summed E-state index contributed by atoms with van der Waals surface area (Å²) in [7, 11) is 0. The molecule has 102 valence electrons. The number of ether oxygens (including phenoxy) is 1. The molecule has 1 aromatic carbocycles. The Labute approximate surface area is 115 Å². The van der Waals surface area contributed by atoms with Crippen molar-refractivity contribution in [1.82, 2.24) is 0 Å². The van der Waals surface area contributed by atoms with E-state index in [0.29, 0.717) is 11.7 Å². The average molecular weight is 258 g/mol. The number of fused-ring (bicyclic) bond motifs is 1. The molecule has 3 rings (SSSR count). The SMILES string of the molecule is O=C(CCCc1ccc2c(c1)CCO2)C1CCCC1. The topological polar surface area (TPSA) is 26.3 Å². The number of carbonyl (C=O) groups excluding carboxylic acids is 1. The number of ketones is 1. The second-order valence-electron chi connectivity index (χ2n) is 5.84. The van der Waals surface area contributed by atoms with E-state index in [1.807, 2.05) is 0 Å². The molecule has 1 aromatic rings. The van der Waals surface area contributed by atoms with Crippen molar-refractivity contribution in [3.63, 3.8) is 0 Å². The lowest BCUT2D eigenvalue weighted by atomic mass is 9.96. The van der Waals surface area contributed by atoms with Crippen molar-refractivity contribution in [2.45, 2.75) is 51.4 Å². The monoisotopic (exact) mass is 258 g/mol. The third kappa shape index (κ3) is 2.99. The number of aryl methyl sites for hydroxylation is 1. The van der Waals surface area contributed by atoms with Gasteiger partial charge in [0.05, 0.1) is 6.61 Å². The Morgan fingerprint density at radius 2 is 2.11 bits per heavy atom. The van der Waals surface area contributed by atoms with Crippen LogP contribution in [0.2, 0.25) is 0 Å². The number of benzene rings is 1. The average Bonchev–Trinajstić information content (AvgIpc) is 3.09. The first-order valence-corrected chi connectivity index (χ1v) is 7.60. The van der Waals surface area contributed by atoms with Gasteiger partial charge in [0.1, 0.15) is 11.5 Å². The Kier molecular flexibility index (Phi) is 3.86. The van der Waals surface area contributed by atoms with Crippen LogP contribution in [-0.2, 0) is 17.6 Å². The molecular weight excluding hydrogens is 236 g/mol. The Morgan fingerprint density at radius 3 is 2.95 bits per heavy atom. The van der Waals surface area contributed by atoms with Crippen LogP contribution in [0.5, 0.6) is 5.75 Å². The molecule has 2 aliphatic rings. The van der Waals surface area contributed by atoms with E-state index in [4.69, 9.17) is 4.74 Å². The molecule has 1 saturated carbocycles. The van der Waals surface area contributed by atoms with Gasteiger partial charge in [0.15, 0.2) is 0 Å². The summed E-state index contributed by atoms with van der Waals surface area (Å²) >= 11 is 0. The summed E-state index contributed by atoms with van der Waals surface area (Å²) in [6, 6.07) is 6.48. The van der Waals surface area contributed by atoms with Crippen molar-refractivity contribution in [3.8, 4) is 5.75 Å². The van der Waals surface area contributed by atoms with Crippen LogP contribution in [0.15, 0.2) is 18.2 Å². The quantitative estimate of drug-likeness (QED) is 0.805. The van der Waals surface area contributed by atoms with Crippen LogP contribution in [0.25, 0.3) is 0 Å². The Hall–Kier alpha value is -1.31. The van der Waals surface area contributed by atoms with Gasteiger partial charge in [-0.2, -0.15) is 0 Å². The number of hydrogen-bond acceptors (Lipinski definition) is 2. The molecule has 1 fully saturated rings. The van der Waals surface area contributed by atoms with Crippen molar-refractivity contribution in [1.29, 1.82) is 0 Å². The minimum atomic E-state index is 0.383. The fraction of sp³-hybridized carbons (Fsp3) is 0.588. The molecule has 0 spiro atoms. The smallest absolute Gasteiger partial charge is 0.135 e. The number of hydrogen-bond donors (Lipinski definition) is 0. The van der Waals surface area contributed by atoms with E-state index in [1.54, 1.807) is 0 Å². The molecule has 2 heteroatoms. The van der Waals surface area contributed by atoms with Gasteiger partial charge in [-0.3, -0.25) is 4.79 Å². The number of Topliss-reactive ketones (excluding diaryl/α,β-unsaturated/α-hetero) is 1. The largest absolute Gasteiger partial charge is 0.493 e. The maximum absolute atomic E-state index is 12.0. The molecular formula is C17H22O2. The summed E-state index contributed by atoms with van der Waals surface area (Å²) in [4.78, 5) is 12.0. The summed E-state index contributed by atoms with van der Waals surface area (Å²) in [5.41, 5.74) is 2.68. The summed E-state index contributed by atoms with van der Waals surface area (Å²) in [6.45, 7) is 0.818. The van der Waals surface area contributed by atoms with Crippen LogP contribution in [0.3, 0.4) is 0 Å². The zero-order chi connectivity index (χ0) is 13.1. The van der Waals surface area contributed by atoms with Gasteiger partial charge in [-0.15, -0.1) is 0 Å². The lowest BCUT2D eigenvalue weighted by Crippen LogP contribution is -2.10. The molecule has 0 N–H and O–H groups in total.